The summed E-state index contributed by atoms with van der Waals surface area (Å²) in [5.74, 6) is 0.784. The topological polar surface area (TPSA) is 70.5 Å². The quantitative estimate of drug-likeness (QED) is 0.545. The van der Waals surface area contributed by atoms with Crippen LogP contribution in [0, 0.1) is 25.7 Å². The van der Waals surface area contributed by atoms with Gasteiger partial charge in [-0.1, -0.05) is 50.8 Å². The lowest BCUT2D eigenvalue weighted by Crippen LogP contribution is -2.67. The molecule has 38 heavy (non-hydrogen) atoms. The van der Waals surface area contributed by atoms with E-state index in [9.17, 15) is 9.59 Å². The number of nitrogens with zero attached hydrogens (tertiary/aromatic N) is 4. The van der Waals surface area contributed by atoms with Gasteiger partial charge >= 0.3 is 0 Å². The molecule has 5 rings (SSSR count). The van der Waals surface area contributed by atoms with E-state index in [0.717, 1.165) is 69.5 Å². The first-order valence-electron chi connectivity index (χ1n) is 14.9. The van der Waals surface area contributed by atoms with Gasteiger partial charge in [0.25, 0.3) is 0 Å². The third-order valence-electron chi connectivity index (χ3n) is 9.23. The molecule has 2 aromatic rings. The number of unbranched alkanes of at least 4 members (excludes halogenated alkanes) is 1. The maximum atomic E-state index is 13.7. The fourth-order valence-corrected chi connectivity index (χ4v) is 6.97. The Morgan fingerprint density at radius 2 is 1.66 bits per heavy atom. The standard InChI is InChI=1S/C31H45N5O2/c1-4-5-18-35-29(30(37)32-28(31(35)38)24-12-8-6-9-13-24)25-16-19-34(20-17-25)21-27-22(2)33-36(23(27)3)26-14-10-7-11-15-26/h7,10-11,14-15,24-25,28-29H,4-6,8-9,12-13,16-21H2,1-3H3,(H,32,37)/t28-,29?/m0/s1. The number of rotatable bonds is 8. The monoisotopic (exact) mass is 519 g/mol. The summed E-state index contributed by atoms with van der Waals surface area (Å²) in [5.41, 5.74) is 4.64. The van der Waals surface area contributed by atoms with Crippen LogP contribution in [0.1, 0.15) is 81.7 Å². The molecule has 0 bridgehead atoms. The van der Waals surface area contributed by atoms with Crippen molar-refractivity contribution in [1.82, 2.24) is 24.9 Å². The molecule has 7 heteroatoms. The lowest BCUT2D eigenvalue weighted by atomic mass is 9.80. The number of para-hydroxylation sites is 1. The van der Waals surface area contributed by atoms with E-state index in [2.05, 4.69) is 43.1 Å². The van der Waals surface area contributed by atoms with Gasteiger partial charge in [0.15, 0.2) is 0 Å². The molecule has 2 amide bonds. The molecule has 2 atom stereocenters. The molecule has 1 N–H and O–H groups in total. The van der Waals surface area contributed by atoms with Gasteiger partial charge in [-0.05, 0) is 83.0 Å². The molecule has 2 aliphatic heterocycles. The normalized spacial score (nSPS) is 24.1. The second kappa shape index (κ2) is 12.0. The first-order valence-corrected chi connectivity index (χ1v) is 14.9. The van der Waals surface area contributed by atoms with E-state index in [-0.39, 0.29) is 29.8 Å². The van der Waals surface area contributed by atoms with Crippen molar-refractivity contribution < 1.29 is 9.59 Å². The predicted octanol–water partition coefficient (Wildman–Crippen LogP) is 4.78. The van der Waals surface area contributed by atoms with Crippen LogP contribution >= 0.6 is 0 Å². The number of hydrogen-bond acceptors (Lipinski definition) is 4. The zero-order chi connectivity index (χ0) is 26.6. The summed E-state index contributed by atoms with van der Waals surface area (Å²) >= 11 is 0. The van der Waals surface area contributed by atoms with Crippen LogP contribution < -0.4 is 5.32 Å². The van der Waals surface area contributed by atoms with Crippen LogP contribution in [0.3, 0.4) is 0 Å². The van der Waals surface area contributed by atoms with Gasteiger partial charge < -0.3 is 10.2 Å². The smallest absolute Gasteiger partial charge is 0.246 e. The molecule has 3 aliphatic rings. The molecule has 3 fully saturated rings. The number of likely N-dealkylation sites (tertiary alicyclic amines) is 1. The summed E-state index contributed by atoms with van der Waals surface area (Å²) in [6.45, 7) is 9.86. The second-order valence-corrected chi connectivity index (χ2v) is 11.7. The van der Waals surface area contributed by atoms with Gasteiger partial charge in [-0.15, -0.1) is 0 Å². The fourth-order valence-electron chi connectivity index (χ4n) is 6.97. The zero-order valence-corrected chi connectivity index (χ0v) is 23.5. The summed E-state index contributed by atoms with van der Waals surface area (Å²) in [7, 11) is 0. The van der Waals surface area contributed by atoms with Crippen LogP contribution in [-0.2, 0) is 16.1 Å². The highest BCUT2D eigenvalue weighted by Gasteiger charge is 2.46. The first kappa shape index (κ1) is 26.9. The minimum atomic E-state index is -0.319. The van der Waals surface area contributed by atoms with E-state index in [1.807, 2.05) is 27.8 Å². The number of carbonyl (C=O) groups is 2. The average Bonchev–Trinajstić information content (AvgIpc) is 3.23. The molecule has 206 valence electrons. The molecule has 1 unspecified atom stereocenters. The minimum Gasteiger partial charge on any atom is -0.342 e. The third kappa shape index (κ3) is 5.54. The van der Waals surface area contributed by atoms with Gasteiger partial charge in [0.05, 0.1) is 11.4 Å². The molecular weight excluding hydrogens is 474 g/mol. The van der Waals surface area contributed by atoms with E-state index < -0.39 is 0 Å². The van der Waals surface area contributed by atoms with Crippen molar-refractivity contribution >= 4 is 11.8 Å². The van der Waals surface area contributed by atoms with Gasteiger partial charge in [-0.25, -0.2) is 4.68 Å². The summed E-state index contributed by atoms with van der Waals surface area (Å²) in [5, 5.41) is 8.05. The first-order chi connectivity index (χ1) is 18.5. The van der Waals surface area contributed by atoms with Crippen molar-refractivity contribution in [1.29, 1.82) is 0 Å². The van der Waals surface area contributed by atoms with E-state index in [1.165, 1.54) is 30.5 Å². The SMILES string of the molecule is CCCCN1C(=O)[C@H](C2CCCCC2)NC(=O)C1C1CCN(Cc2c(C)nn(-c3ccccc3)c2C)CC1. The van der Waals surface area contributed by atoms with Crippen molar-refractivity contribution in [2.24, 2.45) is 11.8 Å². The average molecular weight is 520 g/mol. The van der Waals surface area contributed by atoms with Gasteiger partial charge in [-0.3, -0.25) is 14.5 Å². The number of hydrogen-bond donors (Lipinski definition) is 1. The highest BCUT2D eigenvalue weighted by atomic mass is 16.2. The second-order valence-electron chi connectivity index (χ2n) is 11.7. The molecule has 1 aliphatic carbocycles. The fraction of sp³-hybridized carbons (Fsp3) is 0.645. The Balaban J connectivity index is 1.25. The van der Waals surface area contributed by atoms with Crippen molar-refractivity contribution in [2.45, 2.75) is 97.2 Å². The maximum Gasteiger partial charge on any atom is 0.246 e. The van der Waals surface area contributed by atoms with Crippen molar-refractivity contribution in [3.05, 3.63) is 47.3 Å². The van der Waals surface area contributed by atoms with Gasteiger partial charge in [-0.2, -0.15) is 5.10 Å². The van der Waals surface area contributed by atoms with Gasteiger partial charge in [0, 0.05) is 24.3 Å². The van der Waals surface area contributed by atoms with Gasteiger partial charge in [0.1, 0.15) is 12.1 Å². The van der Waals surface area contributed by atoms with Crippen LogP contribution in [-0.4, -0.2) is 63.1 Å². The molecule has 0 spiro atoms. The molecule has 2 saturated heterocycles. The Kier molecular flexibility index (Phi) is 8.51. The number of amides is 2. The van der Waals surface area contributed by atoms with Crippen LogP contribution in [0.5, 0.6) is 0 Å². The van der Waals surface area contributed by atoms with Gasteiger partial charge in [0.2, 0.25) is 11.8 Å². The third-order valence-corrected chi connectivity index (χ3v) is 9.23. The van der Waals surface area contributed by atoms with Crippen molar-refractivity contribution in [3.63, 3.8) is 0 Å². The molecule has 7 nitrogen and oxygen atoms in total. The number of nitrogens with one attached hydrogen (secondary N) is 1. The van der Waals surface area contributed by atoms with E-state index in [1.54, 1.807) is 0 Å². The zero-order valence-electron chi connectivity index (χ0n) is 23.5. The highest BCUT2D eigenvalue weighted by Crippen LogP contribution is 2.33. The maximum absolute atomic E-state index is 13.7. The van der Waals surface area contributed by atoms with Crippen LogP contribution in [0.15, 0.2) is 30.3 Å². The lowest BCUT2D eigenvalue weighted by Gasteiger charge is -2.46. The number of aromatic nitrogens is 2. The van der Waals surface area contributed by atoms with Crippen LogP contribution in [0.25, 0.3) is 5.69 Å². The van der Waals surface area contributed by atoms with Crippen LogP contribution in [0.4, 0.5) is 0 Å². The van der Waals surface area contributed by atoms with E-state index >= 15 is 0 Å². The molecule has 1 saturated carbocycles. The largest absolute Gasteiger partial charge is 0.342 e. The number of piperazine rings is 1. The Morgan fingerprint density at radius 3 is 2.34 bits per heavy atom. The van der Waals surface area contributed by atoms with E-state index in [0.29, 0.717) is 12.5 Å². The molecule has 0 radical (unpaired) electrons. The summed E-state index contributed by atoms with van der Waals surface area (Å²) in [4.78, 5) is 31.7. The Hall–Kier alpha value is -2.67. The number of carbonyl (C=O) groups excluding carboxylic acids is 2. The summed E-state index contributed by atoms with van der Waals surface area (Å²) in [6.07, 6.45) is 9.56. The minimum absolute atomic E-state index is 0.0885. The predicted molar refractivity (Wildman–Crippen MR) is 150 cm³/mol. The number of piperidine rings is 1. The number of aryl methyl sites for hydroxylation is 1. The Bertz CT molecular complexity index is 1100. The lowest BCUT2D eigenvalue weighted by molar-refractivity contribution is -0.154. The number of benzene rings is 1. The van der Waals surface area contributed by atoms with Crippen LogP contribution in [0.2, 0.25) is 0 Å². The Morgan fingerprint density at radius 1 is 0.947 bits per heavy atom. The summed E-state index contributed by atoms with van der Waals surface area (Å²) in [6, 6.07) is 9.67. The highest BCUT2D eigenvalue weighted by molar-refractivity contribution is 5.97. The van der Waals surface area contributed by atoms with E-state index in [4.69, 9.17) is 5.10 Å². The molecule has 1 aromatic heterocycles. The molecule has 3 heterocycles. The van der Waals surface area contributed by atoms with Crippen molar-refractivity contribution in [3.8, 4) is 5.69 Å². The molecular formula is C31H45N5O2. The molecule has 1 aromatic carbocycles. The van der Waals surface area contributed by atoms with Crippen molar-refractivity contribution in [2.75, 3.05) is 19.6 Å². The Labute approximate surface area is 227 Å². The summed E-state index contributed by atoms with van der Waals surface area (Å²) < 4.78 is 2.05.